The van der Waals surface area contributed by atoms with Crippen LogP contribution in [0.2, 0.25) is 0 Å². The summed E-state index contributed by atoms with van der Waals surface area (Å²) in [5.41, 5.74) is 0.224. The molecule has 0 aliphatic carbocycles. The largest absolute Gasteiger partial charge is 0.497 e. The maximum absolute atomic E-state index is 13.1. The molecule has 0 spiro atoms. The summed E-state index contributed by atoms with van der Waals surface area (Å²) in [7, 11) is 1.57. The number of imide groups is 1. The molecule has 1 aliphatic rings. The molecular weight excluding hydrogens is 332 g/mol. The lowest BCUT2D eigenvalue weighted by atomic mass is 9.87. The van der Waals surface area contributed by atoms with Crippen LogP contribution < -0.4 is 10.1 Å². The second kappa shape index (κ2) is 7.17. The number of nitrogens with zero attached hydrogens (tertiary/aromatic N) is 1. The van der Waals surface area contributed by atoms with Crippen LogP contribution in [0.25, 0.3) is 0 Å². The molecule has 0 aromatic heterocycles. The molecule has 26 heavy (non-hydrogen) atoms. The van der Waals surface area contributed by atoms with Gasteiger partial charge in [-0.2, -0.15) is 0 Å². The molecule has 3 rings (SSSR count). The Kier molecular flexibility index (Phi) is 4.95. The molecule has 3 amide bonds. The summed E-state index contributed by atoms with van der Waals surface area (Å²) in [5, 5.41) is 13.2. The number of β-amino-alcohol motifs (C(OH)–C–C–N with tert-alkyl or cyclic N) is 1. The van der Waals surface area contributed by atoms with Crippen molar-refractivity contribution in [3.8, 4) is 5.75 Å². The molecule has 1 fully saturated rings. The van der Waals surface area contributed by atoms with Gasteiger partial charge in [-0.15, -0.1) is 0 Å². The van der Waals surface area contributed by atoms with Gasteiger partial charge in [-0.25, -0.2) is 4.79 Å². The van der Waals surface area contributed by atoms with Crippen molar-refractivity contribution in [1.29, 1.82) is 0 Å². The van der Waals surface area contributed by atoms with Crippen LogP contribution in [0.5, 0.6) is 5.75 Å². The maximum atomic E-state index is 13.1. The summed E-state index contributed by atoms with van der Waals surface area (Å²) in [6.07, 6.45) is -0.531. The fourth-order valence-electron chi connectivity index (χ4n) is 3.26. The van der Waals surface area contributed by atoms with Gasteiger partial charge in [0, 0.05) is 0 Å². The van der Waals surface area contributed by atoms with Gasteiger partial charge in [0.05, 0.1) is 19.8 Å². The van der Waals surface area contributed by atoms with Crippen molar-refractivity contribution in [2.75, 3.05) is 13.7 Å². The molecule has 0 bridgehead atoms. The number of benzene rings is 2. The van der Waals surface area contributed by atoms with E-state index >= 15 is 0 Å². The van der Waals surface area contributed by atoms with Crippen LogP contribution in [0, 0.1) is 0 Å². The third kappa shape index (κ3) is 3.04. The number of ether oxygens (including phenoxy) is 1. The lowest BCUT2D eigenvalue weighted by Gasteiger charge is -2.26. The van der Waals surface area contributed by atoms with Crippen LogP contribution in [0.3, 0.4) is 0 Å². The summed E-state index contributed by atoms with van der Waals surface area (Å²) in [6, 6.07) is 15.5. The van der Waals surface area contributed by atoms with Gasteiger partial charge in [0.15, 0.2) is 0 Å². The topological polar surface area (TPSA) is 78.9 Å². The molecule has 6 heteroatoms. The van der Waals surface area contributed by atoms with Crippen molar-refractivity contribution in [2.45, 2.75) is 25.0 Å². The second-order valence-electron chi connectivity index (χ2n) is 6.26. The monoisotopic (exact) mass is 354 g/mol. The molecule has 6 nitrogen and oxygen atoms in total. The first-order chi connectivity index (χ1) is 12.5. The second-order valence-corrected chi connectivity index (χ2v) is 6.26. The Hall–Kier alpha value is -2.86. The van der Waals surface area contributed by atoms with Crippen molar-refractivity contribution >= 4 is 11.9 Å². The van der Waals surface area contributed by atoms with Crippen molar-refractivity contribution < 1.29 is 19.4 Å². The Labute approximate surface area is 152 Å². The van der Waals surface area contributed by atoms with E-state index in [0.29, 0.717) is 23.3 Å². The van der Waals surface area contributed by atoms with E-state index in [1.165, 1.54) is 0 Å². The third-order valence-corrected chi connectivity index (χ3v) is 4.83. The lowest BCUT2D eigenvalue weighted by molar-refractivity contribution is -0.132. The number of hydrogen-bond acceptors (Lipinski definition) is 4. The zero-order valence-corrected chi connectivity index (χ0v) is 14.8. The van der Waals surface area contributed by atoms with Crippen LogP contribution in [-0.4, -0.2) is 35.6 Å². The van der Waals surface area contributed by atoms with E-state index in [4.69, 9.17) is 4.74 Å². The number of urea groups is 1. The van der Waals surface area contributed by atoms with Crippen LogP contribution >= 0.6 is 0 Å². The molecule has 1 saturated heterocycles. The van der Waals surface area contributed by atoms with Gasteiger partial charge < -0.3 is 15.2 Å². The van der Waals surface area contributed by atoms with Crippen molar-refractivity contribution in [3.63, 3.8) is 0 Å². The zero-order chi connectivity index (χ0) is 18.7. The SMILES string of the molecule is CC[C@@]1(c2ccc(OC)cc2)NC(=O)N(C[C@@H](O)c2ccccc2)C1=O. The van der Waals surface area contributed by atoms with Gasteiger partial charge in [-0.3, -0.25) is 9.69 Å². The zero-order valence-electron chi connectivity index (χ0n) is 14.8. The van der Waals surface area contributed by atoms with Gasteiger partial charge in [0.1, 0.15) is 11.3 Å². The predicted octanol–water partition coefficient (Wildman–Crippen LogP) is 2.59. The quantitative estimate of drug-likeness (QED) is 0.782. The highest BCUT2D eigenvalue weighted by molar-refractivity contribution is 6.07. The molecule has 0 radical (unpaired) electrons. The summed E-state index contributed by atoms with van der Waals surface area (Å²) < 4.78 is 5.15. The van der Waals surface area contributed by atoms with E-state index in [1.54, 1.807) is 55.6 Å². The standard InChI is InChI=1S/C20H22N2O4/c1-3-20(15-9-11-16(26-2)12-10-15)18(24)22(19(25)21-20)13-17(23)14-7-5-4-6-8-14/h4-12,17,23H,3,13H2,1-2H3,(H,21,25)/t17-,20+/m1/s1. The molecule has 0 unspecified atom stereocenters. The Morgan fingerprint density at radius 3 is 2.35 bits per heavy atom. The first-order valence-corrected chi connectivity index (χ1v) is 8.53. The van der Waals surface area contributed by atoms with E-state index in [1.807, 2.05) is 13.0 Å². The molecule has 2 atom stereocenters. The molecule has 1 aliphatic heterocycles. The average Bonchev–Trinajstić information content (AvgIpc) is 2.93. The highest BCUT2D eigenvalue weighted by Gasteiger charge is 2.51. The molecule has 2 aromatic carbocycles. The highest BCUT2D eigenvalue weighted by Crippen LogP contribution is 2.34. The van der Waals surface area contributed by atoms with Crippen LogP contribution in [0.1, 0.15) is 30.6 Å². The summed E-state index contributed by atoms with van der Waals surface area (Å²) in [5.74, 6) is 0.318. The minimum Gasteiger partial charge on any atom is -0.497 e. The number of carbonyl (C=O) groups is 2. The Balaban J connectivity index is 1.86. The van der Waals surface area contributed by atoms with Gasteiger partial charge >= 0.3 is 6.03 Å². The van der Waals surface area contributed by atoms with E-state index in [-0.39, 0.29) is 12.5 Å². The minimum absolute atomic E-state index is 0.0907. The fraction of sp³-hybridized carbons (Fsp3) is 0.300. The van der Waals surface area contributed by atoms with Crippen LogP contribution in [0.15, 0.2) is 54.6 Å². The highest BCUT2D eigenvalue weighted by atomic mass is 16.5. The third-order valence-electron chi connectivity index (χ3n) is 4.83. The normalized spacial score (nSPS) is 20.8. The number of rotatable bonds is 6. The van der Waals surface area contributed by atoms with E-state index in [9.17, 15) is 14.7 Å². The van der Waals surface area contributed by atoms with Gasteiger partial charge in [-0.05, 0) is 29.7 Å². The number of aliphatic hydroxyl groups is 1. The number of aliphatic hydroxyl groups excluding tert-OH is 1. The Morgan fingerprint density at radius 2 is 1.77 bits per heavy atom. The van der Waals surface area contributed by atoms with Gasteiger partial charge in [0.25, 0.3) is 5.91 Å². The summed E-state index contributed by atoms with van der Waals surface area (Å²) in [4.78, 5) is 26.7. The van der Waals surface area contributed by atoms with Crippen molar-refractivity contribution in [3.05, 3.63) is 65.7 Å². The van der Waals surface area contributed by atoms with E-state index < -0.39 is 17.7 Å². The molecule has 0 saturated carbocycles. The molecule has 136 valence electrons. The predicted molar refractivity (Wildman–Crippen MR) is 96.6 cm³/mol. The Morgan fingerprint density at radius 1 is 1.12 bits per heavy atom. The average molecular weight is 354 g/mol. The molecule has 2 aromatic rings. The fourth-order valence-corrected chi connectivity index (χ4v) is 3.26. The first-order valence-electron chi connectivity index (χ1n) is 8.53. The molecule has 1 heterocycles. The van der Waals surface area contributed by atoms with Crippen molar-refractivity contribution in [2.24, 2.45) is 0 Å². The molecule has 2 N–H and O–H groups in total. The number of carbonyl (C=O) groups excluding carboxylic acids is 2. The smallest absolute Gasteiger partial charge is 0.325 e. The first kappa shape index (κ1) is 17.9. The van der Waals surface area contributed by atoms with Crippen molar-refractivity contribution in [1.82, 2.24) is 10.2 Å². The van der Waals surface area contributed by atoms with Gasteiger partial charge in [-0.1, -0.05) is 49.4 Å². The maximum Gasteiger partial charge on any atom is 0.325 e. The van der Waals surface area contributed by atoms with Crippen LogP contribution in [0.4, 0.5) is 4.79 Å². The summed E-state index contributed by atoms with van der Waals surface area (Å²) >= 11 is 0. The van der Waals surface area contributed by atoms with E-state index in [2.05, 4.69) is 5.32 Å². The van der Waals surface area contributed by atoms with Gasteiger partial charge in [0.2, 0.25) is 0 Å². The molecular formula is C20H22N2O4. The number of hydrogen-bond donors (Lipinski definition) is 2. The number of methoxy groups -OCH3 is 1. The summed E-state index contributed by atoms with van der Waals surface area (Å²) in [6.45, 7) is 1.76. The lowest BCUT2D eigenvalue weighted by Crippen LogP contribution is -2.43. The van der Waals surface area contributed by atoms with E-state index in [0.717, 1.165) is 4.90 Å². The number of nitrogens with one attached hydrogen (secondary N) is 1. The minimum atomic E-state index is -1.13. The number of amides is 3. The van der Waals surface area contributed by atoms with Crippen LogP contribution in [-0.2, 0) is 10.3 Å². The Bertz CT molecular complexity index is 791.